The van der Waals surface area contributed by atoms with Crippen LogP contribution in [0, 0.1) is 18.3 Å². The number of carbonyl (C=O) groups excluding carboxylic acids is 1. The normalized spacial score (nSPS) is 18.5. The summed E-state index contributed by atoms with van der Waals surface area (Å²) < 4.78 is 6.80. The molecule has 1 fully saturated rings. The van der Waals surface area contributed by atoms with E-state index in [1.54, 1.807) is 10.9 Å². The summed E-state index contributed by atoms with van der Waals surface area (Å²) in [5, 5.41) is 16.7. The molecule has 8 nitrogen and oxygen atoms in total. The van der Waals surface area contributed by atoms with Gasteiger partial charge in [0.25, 0.3) is 0 Å². The molecule has 156 valence electrons. The summed E-state index contributed by atoms with van der Waals surface area (Å²) >= 11 is 0. The molecular formula is C23H22N6O2. The molecule has 0 aliphatic carbocycles. The largest absolute Gasteiger partial charge is 0.457 e. The Bertz CT molecular complexity index is 1180. The maximum Gasteiger partial charge on any atom is 0.338 e. The fraction of sp³-hybridized carbons (Fsp3) is 0.304. The second-order valence-corrected chi connectivity index (χ2v) is 7.93. The molecule has 5 rings (SSSR count). The third kappa shape index (κ3) is 3.69. The monoisotopic (exact) mass is 414 g/mol. The highest BCUT2D eigenvalue weighted by Gasteiger charge is 2.28. The molecule has 0 amide bonds. The van der Waals surface area contributed by atoms with E-state index in [1.165, 1.54) is 11.8 Å². The van der Waals surface area contributed by atoms with Crippen molar-refractivity contribution in [3.05, 3.63) is 76.2 Å². The molecule has 1 N–H and O–H groups in total. The molecule has 0 spiro atoms. The van der Waals surface area contributed by atoms with Gasteiger partial charge in [0.2, 0.25) is 0 Å². The number of cyclic esters (lactones) is 1. The molecule has 2 aliphatic heterocycles. The van der Waals surface area contributed by atoms with Crippen LogP contribution in [0.15, 0.2) is 42.9 Å². The SMILES string of the molecule is Cc1c([C@@H]2CN(Cc3ccc(-n4cc(C#N)cn4)nc3)CCN2)ccc2c1COC2=O. The smallest absolute Gasteiger partial charge is 0.338 e. The van der Waals surface area contributed by atoms with Gasteiger partial charge in [0, 0.05) is 44.0 Å². The lowest BCUT2D eigenvalue weighted by Gasteiger charge is -2.34. The Labute approximate surface area is 180 Å². The molecule has 1 saturated heterocycles. The van der Waals surface area contributed by atoms with Crippen molar-refractivity contribution >= 4 is 5.97 Å². The van der Waals surface area contributed by atoms with Crippen molar-refractivity contribution in [1.29, 1.82) is 5.26 Å². The van der Waals surface area contributed by atoms with E-state index in [4.69, 9.17) is 10.00 Å². The van der Waals surface area contributed by atoms with Crippen LogP contribution in [0.25, 0.3) is 5.82 Å². The van der Waals surface area contributed by atoms with Gasteiger partial charge in [-0.05, 0) is 35.7 Å². The number of hydrogen-bond donors (Lipinski definition) is 1. The number of aromatic nitrogens is 3. The number of carbonyl (C=O) groups is 1. The molecule has 31 heavy (non-hydrogen) atoms. The third-order valence-corrected chi connectivity index (χ3v) is 6.00. The van der Waals surface area contributed by atoms with Crippen LogP contribution in [0.1, 0.15) is 44.2 Å². The molecule has 0 radical (unpaired) electrons. The Morgan fingerprint density at radius 1 is 1.29 bits per heavy atom. The van der Waals surface area contributed by atoms with Crippen molar-refractivity contribution in [2.45, 2.75) is 26.1 Å². The zero-order chi connectivity index (χ0) is 21.4. The van der Waals surface area contributed by atoms with Gasteiger partial charge in [0.15, 0.2) is 5.82 Å². The second-order valence-electron chi connectivity index (χ2n) is 7.93. The number of nitrogens with zero attached hydrogens (tertiary/aromatic N) is 5. The molecule has 1 atom stereocenters. The van der Waals surface area contributed by atoms with Gasteiger partial charge in [0.05, 0.1) is 23.5 Å². The first-order valence-electron chi connectivity index (χ1n) is 10.3. The maximum absolute atomic E-state index is 11.8. The van der Waals surface area contributed by atoms with Crippen molar-refractivity contribution < 1.29 is 9.53 Å². The van der Waals surface area contributed by atoms with Crippen LogP contribution in [0.5, 0.6) is 0 Å². The Morgan fingerprint density at radius 3 is 2.97 bits per heavy atom. The minimum Gasteiger partial charge on any atom is -0.457 e. The Morgan fingerprint density at radius 2 is 2.19 bits per heavy atom. The van der Waals surface area contributed by atoms with E-state index in [0.29, 0.717) is 23.6 Å². The van der Waals surface area contributed by atoms with Crippen molar-refractivity contribution in [2.75, 3.05) is 19.6 Å². The number of esters is 1. The molecule has 0 bridgehead atoms. The quantitative estimate of drug-likeness (QED) is 0.654. The van der Waals surface area contributed by atoms with E-state index >= 15 is 0 Å². The first-order chi connectivity index (χ1) is 15.1. The number of rotatable bonds is 4. The van der Waals surface area contributed by atoms with Gasteiger partial charge in [-0.1, -0.05) is 12.1 Å². The fourth-order valence-corrected chi connectivity index (χ4v) is 4.32. The summed E-state index contributed by atoms with van der Waals surface area (Å²) in [4.78, 5) is 18.7. The van der Waals surface area contributed by atoms with Crippen LogP contribution in [-0.4, -0.2) is 45.3 Å². The summed E-state index contributed by atoms with van der Waals surface area (Å²) in [6.45, 7) is 5.97. The summed E-state index contributed by atoms with van der Waals surface area (Å²) in [5.41, 5.74) is 5.71. The highest BCUT2D eigenvalue weighted by atomic mass is 16.5. The van der Waals surface area contributed by atoms with Gasteiger partial charge in [0.1, 0.15) is 12.7 Å². The number of benzene rings is 1. The number of nitrogens with one attached hydrogen (secondary N) is 1. The first kappa shape index (κ1) is 19.4. The highest BCUT2D eigenvalue weighted by molar-refractivity contribution is 5.94. The van der Waals surface area contributed by atoms with E-state index < -0.39 is 0 Å². The van der Waals surface area contributed by atoms with E-state index in [2.05, 4.69) is 45.4 Å². The summed E-state index contributed by atoms with van der Waals surface area (Å²) in [6, 6.07) is 10.2. The first-order valence-corrected chi connectivity index (χ1v) is 10.3. The van der Waals surface area contributed by atoms with Gasteiger partial charge >= 0.3 is 5.97 Å². The van der Waals surface area contributed by atoms with Gasteiger partial charge in [-0.25, -0.2) is 14.5 Å². The minimum absolute atomic E-state index is 0.204. The standard InChI is InChI=1S/C23H22N6O2/c1-15-18(3-4-19-20(15)14-31-23(19)30)21-13-28(7-6-25-21)11-16-2-5-22(26-9-16)29-12-17(8-24)10-27-29/h2-5,9-10,12,21,25H,6-7,11,13-14H2,1H3/t21-/m0/s1. The third-order valence-electron chi connectivity index (χ3n) is 6.00. The predicted molar refractivity (Wildman–Crippen MR) is 112 cm³/mol. The number of nitriles is 1. The van der Waals surface area contributed by atoms with Crippen LogP contribution >= 0.6 is 0 Å². The van der Waals surface area contributed by atoms with Gasteiger partial charge in [-0.3, -0.25) is 4.90 Å². The van der Waals surface area contributed by atoms with Crippen molar-refractivity contribution in [3.8, 4) is 11.9 Å². The van der Waals surface area contributed by atoms with Gasteiger partial charge < -0.3 is 10.1 Å². The Kier molecular flexibility index (Phi) is 4.98. The highest BCUT2D eigenvalue weighted by Crippen LogP contribution is 2.30. The summed E-state index contributed by atoms with van der Waals surface area (Å²) in [6.07, 6.45) is 5.06. The molecule has 8 heteroatoms. The van der Waals surface area contributed by atoms with Crippen molar-refractivity contribution in [1.82, 2.24) is 25.0 Å². The molecule has 0 saturated carbocycles. The minimum atomic E-state index is -0.224. The molecule has 1 aromatic carbocycles. The Hall–Kier alpha value is -3.54. The maximum atomic E-state index is 11.8. The lowest BCUT2D eigenvalue weighted by atomic mass is 9.93. The topological polar surface area (TPSA) is 96.1 Å². The van der Waals surface area contributed by atoms with Crippen LogP contribution in [-0.2, 0) is 17.9 Å². The van der Waals surface area contributed by atoms with Crippen molar-refractivity contribution in [2.24, 2.45) is 0 Å². The van der Waals surface area contributed by atoms with E-state index in [9.17, 15) is 4.79 Å². The fourth-order valence-electron chi connectivity index (χ4n) is 4.32. The molecular weight excluding hydrogens is 392 g/mol. The zero-order valence-electron chi connectivity index (χ0n) is 17.2. The molecule has 4 heterocycles. The average Bonchev–Trinajstić information content (AvgIpc) is 3.42. The predicted octanol–water partition coefficient (Wildman–Crippen LogP) is 2.26. The van der Waals surface area contributed by atoms with Crippen LogP contribution in [0.3, 0.4) is 0 Å². The number of fused-ring (bicyclic) bond motifs is 1. The number of hydrogen-bond acceptors (Lipinski definition) is 7. The lowest BCUT2D eigenvalue weighted by molar-refractivity contribution is 0.0535. The second kappa shape index (κ2) is 7.95. The van der Waals surface area contributed by atoms with Crippen LogP contribution in [0.2, 0.25) is 0 Å². The number of pyridine rings is 1. The molecule has 2 aromatic heterocycles. The lowest BCUT2D eigenvalue weighted by Crippen LogP contribution is -2.45. The van der Waals surface area contributed by atoms with Crippen LogP contribution in [0.4, 0.5) is 0 Å². The zero-order valence-corrected chi connectivity index (χ0v) is 17.2. The van der Waals surface area contributed by atoms with E-state index in [-0.39, 0.29) is 12.0 Å². The van der Waals surface area contributed by atoms with E-state index in [1.807, 2.05) is 18.3 Å². The molecule has 2 aliphatic rings. The average molecular weight is 414 g/mol. The van der Waals surface area contributed by atoms with Gasteiger partial charge in [-0.15, -0.1) is 0 Å². The number of piperazine rings is 1. The number of ether oxygens (including phenoxy) is 1. The van der Waals surface area contributed by atoms with Crippen molar-refractivity contribution in [3.63, 3.8) is 0 Å². The summed E-state index contributed by atoms with van der Waals surface area (Å²) in [7, 11) is 0. The van der Waals surface area contributed by atoms with E-state index in [0.717, 1.165) is 42.9 Å². The molecule has 0 unspecified atom stereocenters. The summed E-state index contributed by atoms with van der Waals surface area (Å²) in [5.74, 6) is 0.465. The Balaban J connectivity index is 1.28. The van der Waals surface area contributed by atoms with Gasteiger partial charge in [-0.2, -0.15) is 10.4 Å². The van der Waals surface area contributed by atoms with Crippen LogP contribution < -0.4 is 5.32 Å². The molecule has 3 aromatic rings.